The largest absolute Gasteiger partial charge is 0.207 e. The summed E-state index contributed by atoms with van der Waals surface area (Å²) >= 11 is 5.85. The van der Waals surface area contributed by atoms with Crippen LogP contribution in [0.25, 0.3) is 0 Å². The molecule has 0 nitrogen and oxygen atoms in total. The molecule has 0 atom stereocenters. The van der Waals surface area contributed by atoms with Crippen molar-refractivity contribution in [1.82, 2.24) is 0 Å². The van der Waals surface area contributed by atoms with Crippen LogP contribution >= 0.6 is 11.6 Å². The molecule has 0 unspecified atom stereocenters. The number of rotatable bonds is 4. The number of hydrogen-bond donors (Lipinski definition) is 0. The summed E-state index contributed by atoms with van der Waals surface area (Å²) in [4.78, 5) is 0. The second-order valence-corrected chi connectivity index (χ2v) is 3.38. The van der Waals surface area contributed by atoms with Crippen molar-refractivity contribution in [2.75, 3.05) is 0 Å². The van der Waals surface area contributed by atoms with Crippen LogP contribution in [0.5, 0.6) is 0 Å². The Bertz CT molecular complexity index is 271. The molecule has 2 heteroatoms. The van der Waals surface area contributed by atoms with Crippen molar-refractivity contribution in [1.29, 1.82) is 0 Å². The van der Waals surface area contributed by atoms with Crippen molar-refractivity contribution in [3.8, 4) is 0 Å². The minimum Gasteiger partial charge on any atom is -0.207 e. The van der Waals surface area contributed by atoms with E-state index in [0.29, 0.717) is 5.02 Å². The van der Waals surface area contributed by atoms with Gasteiger partial charge in [-0.1, -0.05) is 31.0 Å². The van der Waals surface area contributed by atoms with E-state index in [1.807, 2.05) is 0 Å². The third-order valence-electron chi connectivity index (χ3n) is 1.92. The Morgan fingerprint density at radius 3 is 2.85 bits per heavy atom. The van der Waals surface area contributed by atoms with Crippen LogP contribution in [0, 0.1) is 12.2 Å². The van der Waals surface area contributed by atoms with E-state index in [1.54, 1.807) is 6.07 Å². The molecule has 0 N–H and O–H groups in total. The average Bonchev–Trinajstić information content (AvgIpc) is 2.09. The van der Waals surface area contributed by atoms with Crippen LogP contribution < -0.4 is 0 Å². The molecule has 0 amide bonds. The molecule has 13 heavy (non-hydrogen) atoms. The van der Waals surface area contributed by atoms with Crippen LogP contribution in [-0.4, -0.2) is 0 Å². The summed E-state index contributed by atoms with van der Waals surface area (Å²) in [6.45, 7) is 2.10. The van der Waals surface area contributed by atoms with Gasteiger partial charge in [0.05, 0.1) is 0 Å². The lowest BCUT2D eigenvalue weighted by atomic mass is 10.1. The lowest BCUT2D eigenvalue weighted by molar-refractivity contribution is 0.627. The van der Waals surface area contributed by atoms with Gasteiger partial charge in [-0.05, 0) is 37.0 Å². The van der Waals surface area contributed by atoms with Crippen molar-refractivity contribution in [3.05, 3.63) is 41.0 Å². The SMILES string of the molecule is CC[CH]CCc1ccc(F)cc1Cl. The fraction of sp³-hybridized carbons (Fsp3) is 0.364. The molecule has 0 saturated carbocycles. The highest BCUT2D eigenvalue weighted by atomic mass is 35.5. The molecule has 1 aromatic rings. The van der Waals surface area contributed by atoms with Gasteiger partial charge in [-0.15, -0.1) is 0 Å². The zero-order valence-corrected chi connectivity index (χ0v) is 8.44. The van der Waals surface area contributed by atoms with E-state index in [-0.39, 0.29) is 5.82 Å². The molecule has 0 fully saturated rings. The third-order valence-corrected chi connectivity index (χ3v) is 2.27. The molecule has 0 bridgehead atoms. The lowest BCUT2D eigenvalue weighted by Gasteiger charge is -2.02. The van der Waals surface area contributed by atoms with Gasteiger partial charge in [-0.25, -0.2) is 4.39 Å². The first-order valence-electron chi connectivity index (χ1n) is 4.49. The standard InChI is InChI=1S/C11H13ClF/c1-2-3-4-5-9-6-7-10(13)8-11(9)12/h3,6-8H,2,4-5H2,1H3. The smallest absolute Gasteiger partial charge is 0.124 e. The molecule has 1 rings (SSSR count). The Morgan fingerprint density at radius 1 is 1.46 bits per heavy atom. The van der Waals surface area contributed by atoms with Gasteiger partial charge >= 0.3 is 0 Å². The quantitative estimate of drug-likeness (QED) is 0.643. The fourth-order valence-electron chi connectivity index (χ4n) is 1.19. The summed E-state index contributed by atoms with van der Waals surface area (Å²) in [5, 5.41) is 0.532. The molecule has 1 aromatic carbocycles. The predicted octanol–water partition coefficient (Wildman–Crippen LogP) is 4.03. The zero-order valence-electron chi connectivity index (χ0n) is 7.69. The van der Waals surface area contributed by atoms with Gasteiger partial charge in [0, 0.05) is 5.02 Å². The Balaban J connectivity index is 2.56. The van der Waals surface area contributed by atoms with E-state index in [9.17, 15) is 4.39 Å². The van der Waals surface area contributed by atoms with Gasteiger partial charge in [-0.2, -0.15) is 0 Å². The maximum Gasteiger partial charge on any atom is 0.124 e. The van der Waals surface area contributed by atoms with E-state index >= 15 is 0 Å². The lowest BCUT2D eigenvalue weighted by Crippen LogP contribution is -1.88. The van der Waals surface area contributed by atoms with Gasteiger partial charge in [-0.3, -0.25) is 0 Å². The number of halogens is 2. The minimum atomic E-state index is -0.270. The molecule has 0 saturated heterocycles. The second-order valence-electron chi connectivity index (χ2n) is 2.97. The number of hydrogen-bond acceptors (Lipinski definition) is 0. The summed E-state index contributed by atoms with van der Waals surface area (Å²) < 4.78 is 12.6. The highest BCUT2D eigenvalue weighted by molar-refractivity contribution is 6.31. The number of aryl methyl sites for hydroxylation is 1. The third kappa shape index (κ3) is 3.35. The normalized spacial score (nSPS) is 10.4. The first kappa shape index (κ1) is 10.5. The van der Waals surface area contributed by atoms with Gasteiger partial charge in [0.1, 0.15) is 5.82 Å². The predicted molar refractivity (Wildman–Crippen MR) is 54.3 cm³/mol. The monoisotopic (exact) mass is 199 g/mol. The van der Waals surface area contributed by atoms with Crippen LogP contribution in [0.1, 0.15) is 25.3 Å². The van der Waals surface area contributed by atoms with E-state index < -0.39 is 0 Å². The molecule has 1 radical (unpaired) electrons. The van der Waals surface area contributed by atoms with Crippen LogP contribution in [0.4, 0.5) is 4.39 Å². The van der Waals surface area contributed by atoms with Gasteiger partial charge in [0.2, 0.25) is 0 Å². The van der Waals surface area contributed by atoms with Crippen molar-refractivity contribution < 1.29 is 4.39 Å². The number of benzene rings is 1. The fourth-order valence-corrected chi connectivity index (χ4v) is 1.45. The molecule has 0 spiro atoms. The topological polar surface area (TPSA) is 0 Å². The van der Waals surface area contributed by atoms with Gasteiger partial charge in [0.25, 0.3) is 0 Å². The maximum atomic E-state index is 12.6. The van der Waals surface area contributed by atoms with Crippen LogP contribution in [-0.2, 0) is 6.42 Å². The Labute approximate surface area is 83.7 Å². The van der Waals surface area contributed by atoms with E-state index in [4.69, 9.17) is 11.6 Å². The van der Waals surface area contributed by atoms with Crippen LogP contribution in [0.2, 0.25) is 5.02 Å². The molecule has 71 valence electrons. The number of unbranched alkanes of at least 4 members (excludes halogenated alkanes) is 2. The molecule has 0 aliphatic carbocycles. The van der Waals surface area contributed by atoms with E-state index in [1.165, 1.54) is 12.1 Å². The van der Waals surface area contributed by atoms with Crippen molar-refractivity contribution in [2.45, 2.75) is 26.2 Å². The summed E-state index contributed by atoms with van der Waals surface area (Å²) in [7, 11) is 0. The summed E-state index contributed by atoms with van der Waals surface area (Å²) in [5.41, 5.74) is 1.02. The van der Waals surface area contributed by atoms with Crippen molar-refractivity contribution >= 4 is 11.6 Å². The highest BCUT2D eigenvalue weighted by Gasteiger charge is 2.00. The van der Waals surface area contributed by atoms with Gasteiger partial charge in [0.15, 0.2) is 0 Å². The summed E-state index contributed by atoms with van der Waals surface area (Å²) in [6.07, 6.45) is 5.16. The second kappa shape index (κ2) is 5.23. The van der Waals surface area contributed by atoms with Crippen LogP contribution in [0.15, 0.2) is 18.2 Å². The zero-order chi connectivity index (χ0) is 9.68. The molecule has 0 aliphatic rings. The van der Waals surface area contributed by atoms with E-state index in [2.05, 4.69) is 13.3 Å². The molecule has 0 heterocycles. The summed E-state index contributed by atoms with van der Waals surface area (Å²) in [6, 6.07) is 4.57. The van der Waals surface area contributed by atoms with Crippen molar-refractivity contribution in [2.24, 2.45) is 0 Å². The average molecular weight is 200 g/mol. The Morgan fingerprint density at radius 2 is 2.23 bits per heavy atom. The minimum absolute atomic E-state index is 0.270. The van der Waals surface area contributed by atoms with E-state index in [0.717, 1.165) is 24.8 Å². The Kier molecular flexibility index (Phi) is 4.23. The molecular formula is C11H13ClF. The van der Waals surface area contributed by atoms with Crippen LogP contribution in [0.3, 0.4) is 0 Å². The first-order chi connectivity index (χ1) is 6.24. The maximum absolute atomic E-state index is 12.6. The molecular weight excluding hydrogens is 187 g/mol. The summed E-state index contributed by atoms with van der Waals surface area (Å²) in [5.74, 6) is -0.270. The highest BCUT2D eigenvalue weighted by Crippen LogP contribution is 2.19. The molecule has 0 aromatic heterocycles. The molecule has 0 aliphatic heterocycles. The van der Waals surface area contributed by atoms with Gasteiger partial charge < -0.3 is 0 Å². The first-order valence-corrected chi connectivity index (χ1v) is 4.87. The van der Waals surface area contributed by atoms with Crippen molar-refractivity contribution in [3.63, 3.8) is 0 Å². The Hall–Kier alpha value is -0.560.